The first kappa shape index (κ1) is 15.7. The molecule has 1 N–H and O–H groups in total. The van der Waals surface area contributed by atoms with Crippen LogP contribution in [0.5, 0.6) is 5.75 Å². The van der Waals surface area contributed by atoms with Crippen LogP contribution in [-0.2, 0) is 0 Å². The zero-order valence-electron chi connectivity index (χ0n) is 12.6. The smallest absolute Gasteiger partial charge is 0.164 e. The van der Waals surface area contributed by atoms with Crippen LogP contribution in [-0.4, -0.2) is 24.0 Å². The molecule has 0 fully saturated rings. The third-order valence-corrected chi connectivity index (χ3v) is 2.54. The molecule has 0 amide bonds. The SMILES string of the molecule is CC(C)Oc1cccc(C(=O)CCNC(C)(C)C)c1. The molecule has 0 unspecified atom stereocenters. The number of Topliss-reactive ketones (excluding diaryl/α,β-unsaturated/α-hetero) is 1. The molecule has 19 heavy (non-hydrogen) atoms. The normalized spacial score (nSPS) is 11.7. The highest BCUT2D eigenvalue weighted by molar-refractivity contribution is 5.96. The van der Waals surface area contributed by atoms with Gasteiger partial charge in [-0.15, -0.1) is 0 Å². The molecule has 0 bridgehead atoms. The van der Waals surface area contributed by atoms with Crippen molar-refractivity contribution >= 4 is 5.78 Å². The lowest BCUT2D eigenvalue weighted by Gasteiger charge is -2.20. The van der Waals surface area contributed by atoms with Crippen LogP contribution >= 0.6 is 0 Å². The summed E-state index contributed by atoms with van der Waals surface area (Å²) in [5.41, 5.74) is 0.761. The maximum Gasteiger partial charge on any atom is 0.164 e. The van der Waals surface area contributed by atoms with Gasteiger partial charge in [0.2, 0.25) is 0 Å². The fourth-order valence-electron chi connectivity index (χ4n) is 1.71. The Hall–Kier alpha value is -1.35. The molecule has 0 saturated carbocycles. The third kappa shape index (κ3) is 6.39. The van der Waals surface area contributed by atoms with Gasteiger partial charge in [0.25, 0.3) is 0 Å². The lowest BCUT2D eigenvalue weighted by atomic mass is 10.1. The average molecular weight is 263 g/mol. The molecular weight excluding hydrogens is 238 g/mol. The van der Waals surface area contributed by atoms with E-state index < -0.39 is 0 Å². The zero-order chi connectivity index (χ0) is 14.5. The van der Waals surface area contributed by atoms with E-state index in [0.29, 0.717) is 18.5 Å². The largest absolute Gasteiger partial charge is 0.491 e. The van der Waals surface area contributed by atoms with Crippen molar-refractivity contribution in [1.29, 1.82) is 0 Å². The van der Waals surface area contributed by atoms with Gasteiger partial charge < -0.3 is 10.1 Å². The quantitative estimate of drug-likeness (QED) is 0.799. The second-order valence-corrected chi connectivity index (χ2v) is 6.04. The molecule has 0 aromatic heterocycles. The van der Waals surface area contributed by atoms with Crippen molar-refractivity contribution in [2.24, 2.45) is 0 Å². The molecule has 0 aliphatic carbocycles. The summed E-state index contributed by atoms with van der Waals surface area (Å²) in [6.07, 6.45) is 0.621. The number of hydrogen-bond donors (Lipinski definition) is 1. The third-order valence-electron chi connectivity index (χ3n) is 2.54. The van der Waals surface area contributed by atoms with Gasteiger partial charge in [0.05, 0.1) is 6.10 Å². The lowest BCUT2D eigenvalue weighted by Crippen LogP contribution is -2.37. The van der Waals surface area contributed by atoms with Crippen LogP contribution in [0.15, 0.2) is 24.3 Å². The first-order chi connectivity index (χ1) is 8.78. The molecule has 0 aliphatic rings. The molecule has 0 heterocycles. The number of hydrogen-bond acceptors (Lipinski definition) is 3. The highest BCUT2D eigenvalue weighted by Crippen LogP contribution is 2.16. The molecular formula is C16H25NO2. The Kier molecular flexibility index (Phi) is 5.55. The first-order valence-corrected chi connectivity index (χ1v) is 6.83. The monoisotopic (exact) mass is 263 g/mol. The fraction of sp³-hybridized carbons (Fsp3) is 0.562. The van der Waals surface area contributed by atoms with Gasteiger partial charge in [-0.1, -0.05) is 12.1 Å². The molecule has 1 rings (SSSR count). The zero-order valence-corrected chi connectivity index (χ0v) is 12.6. The standard InChI is InChI=1S/C16H25NO2/c1-12(2)19-14-8-6-7-13(11-14)15(18)9-10-17-16(3,4)5/h6-8,11-12,17H,9-10H2,1-5H3. The highest BCUT2D eigenvalue weighted by Gasteiger charge is 2.11. The van der Waals surface area contributed by atoms with Crippen molar-refractivity contribution in [3.8, 4) is 5.75 Å². The first-order valence-electron chi connectivity index (χ1n) is 6.83. The summed E-state index contributed by atoms with van der Waals surface area (Å²) in [7, 11) is 0. The van der Waals surface area contributed by atoms with E-state index in [4.69, 9.17) is 4.74 Å². The summed E-state index contributed by atoms with van der Waals surface area (Å²) in [6.45, 7) is 10.9. The van der Waals surface area contributed by atoms with E-state index in [1.54, 1.807) is 0 Å². The Morgan fingerprint density at radius 1 is 1.32 bits per heavy atom. The van der Waals surface area contributed by atoms with E-state index >= 15 is 0 Å². The van der Waals surface area contributed by atoms with Gasteiger partial charge in [-0.3, -0.25) is 4.79 Å². The summed E-state index contributed by atoms with van der Waals surface area (Å²) in [5.74, 6) is 0.899. The Morgan fingerprint density at radius 3 is 2.58 bits per heavy atom. The summed E-state index contributed by atoms with van der Waals surface area (Å²) in [4.78, 5) is 12.1. The lowest BCUT2D eigenvalue weighted by molar-refractivity contribution is 0.0980. The number of benzene rings is 1. The van der Waals surface area contributed by atoms with Crippen LogP contribution < -0.4 is 10.1 Å². The second kappa shape index (κ2) is 6.71. The minimum atomic E-state index is 0.0445. The van der Waals surface area contributed by atoms with E-state index in [2.05, 4.69) is 26.1 Å². The maximum atomic E-state index is 12.1. The number of nitrogens with one attached hydrogen (secondary N) is 1. The van der Waals surface area contributed by atoms with Gasteiger partial charge in [-0.05, 0) is 46.8 Å². The average Bonchev–Trinajstić information content (AvgIpc) is 2.26. The van der Waals surface area contributed by atoms with E-state index in [0.717, 1.165) is 5.75 Å². The van der Waals surface area contributed by atoms with Crippen molar-refractivity contribution in [1.82, 2.24) is 5.32 Å². The molecule has 3 nitrogen and oxygen atoms in total. The van der Waals surface area contributed by atoms with Gasteiger partial charge >= 0.3 is 0 Å². The van der Waals surface area contributed by atoms with Gasteiger partial charge in [-0.2, -0.15) is 0 Å². The van der Waals surface area contributed by atoms with Crippen LogP contribution in [0.2, 0.25) is 0 Å². The van der Waals surface area contributed by atoms with E-state index in [-0.39, 0.29) is 17.4 Å². The van der Waals surface area contributed by atoms with E-state index in [1.807, 2.05) is 38.1 Å². The molecule has 106 valence electrons. The van der Waals surface area contributed by atoms with Crippen molar-refractivity contribution in [2.75, 3.05) is 6.54 Å². The number of carbonyl (C=O) groups is 1. The number of ether oxygens (including phenoxy) is 1. The van der Waals surface area contributed by atoms with Crippen molar-refractivity contribution in [3.63, 3.8) is 0 Å². The van der Waals surface area contributed by atoms with Crippen molar-refractivity contribution in [3.05, 3.63) is 29.8 Å². The van der Waals surface area contributed by atoms with Gasteiger partial charge in [0, 0.05) is 24.1 Å². The molecule has 0 atom stereocenters. The molecule has 0 radical (unpaired) electrons. The maximum absolute atomic E-state index is 12.1. The van der Waals surface area contributed by atoms with E-state index in [9.17, 15) is 4.79 Å². The summed E-state index contributed by atoms with van der Waals surface area (Å²) in [5, 5.41) is 3.32. The van der Waals surface area contributed by atoms with Crippen LogP contribution in [0.25, 0.3) is 0 Å². The van der Waals surface area contributed by atoms with Crippen LogP contribution in [0.1, 0.15) is 51.4 Å². The Bertz CT molecular complexity index is 419. The second-order valence-electron chi connectivity index (χ2n) is 6.04. The summed E-state index contributed by atoms with van der Waals surface area (Å²) < 4.78 is 5.60. The fourth-order valence-corrected chi connectivity index (χ4v) is 1.71. The molecule has 3 heteroatoms. The predicted molar refractivity (Wildman–Crippen MR) is 78.9 cm³/mol. The highest BCUT2D eigenvalue weighted by atomic mass is 16.5. The molecule has 0 saturated heterocycles. The Labute approximate surface area is 116 Å². The topological polar surface area (TPSA) is 38.3 Å². The summed E-state index contributed by atoms with van der Waals surface area (Å²) >= 11 is 0. The number of ketones is 1. The minimum Gasteiger partial charge on any atom is -0.491 e. The van der Waals surface area contributed by atoms with Crippen molar-refractivity contribution in [2.45, 2.75) is 52.7 Å². The van der Waals surface area contributed by atoms with Gasteiger partial charge in [0.1, 0.15) is 5.75 Å². The van der Waals surface area contributed by atoms with E-state index in [1.165, 1.54) is 0 Å². The van der Waals surface area contributed by atoms with Crippen LogP contribution in [0.3, 0.4) is 0 Å². The molecule has 0 spiro atoms. The molecule has 1 aromatic carbocycles. The van der Waals surface area contributed by atoms with Gasteiger partial charge in [0.15, 0.2) is 5.78 Å². The number of rotatable bonds is 6. The Balaban J connectivity index is 2.57. The summed E-state index contributed by atoms with van der Waals surface area (Å²) in [6, 6.07) is 7.40. The van der Waals surface area contributed by atoms with Gasteiger partial charge in [-0.25, -0.2) is 0 Å². The molecule has 0 aliphatic heterocycles. The van der Waals surface area contributed by atoms with Crippen LogP contribution in [0.4, 0.5) is 0 Å². The van der Waals surface area contributed by atoms with Crippen LogP contribution in [0, 0.1) is 0 Å². The number of carbonyl (C=O) groups excluding carboxylic acids is 1. The molecule has 1 aromatic rings. The van der Waals surface area contributed by atoms with Crippen molar-refractivity contribution < 1.29 is 9.53 Å². The Morgan fingerprint density at radius 2 is 2.00 bits per heavy atom. The predicted octanol–water partition coefficient (Wildman–Crippen LogP) is 3.43. The minimum absolute atomic E-state index is 0.0445.